The molecule has 0 aliphatic carbocycles. The van der Waals surface area contributed by atoms with E-state index in [1.165, 1.54) is 0 Å². The van der Waals surface area contributed by atoms with Crippen molar-refractivity contribution in [3.8, 4) is 5.88 Å². The van der Waals surface area contributed by atoms with Gasteiger partial charge in [-0.3, -0.25) is 0 Å². The Hall–Kier alpha value is -2.14. The highest BCUT2D eigenvalue weighted by Crippen LogP contribution is 2.21. The Morgan fingerprint density at radius 3 is 2.67 bits per heavy atom. The van der Waals surface area contributed by atoms with Crippen LogP contribution in [-0.2, 0) is 4.84 Å². The maximum absolute atomic E-state index is 5.67. The number of ether oxygens (including phenoxy) is 1. The third kappa shape index (κ3) is 5.20. The molecule has 0 N–H and O–H groups in total. The molecule has 0 saturated carbocycles. The minimum absolute atomic E-state index is 0.584. The molecule has 0 amide bonds. The van der Waals surface area contributed by atoms with Crippen LogP contribution >= 0.6 is 0 Å². The number of rotatable bonds is 10. The first kappa shape index (κ1) is 18.2. The Morgan fingerprint density at radius 2 is 1.92 bits per heavy atom. The highest BCUT2D eigenvalue weighted by molar-refractivity contribution is 5.98. The van der Waals surface area contributed by atoms with Crippen molar-refractivity contribution in [3.63, 3.8) is 0 Å². The second-order valence-corrected chi connectivity index (χ2v) is 5.51. The van der Waals surface area contributed by atoms with E-state index in [1.807, 2.05) is 30.3 Å². The molecule has 0 fully saturated rings. The lowest BCUT2D eigenvalue weighted by Crippen LogP contribution is -2.26. The van der Waals surface area contributed by atoms with Gasteiger partial charge in [0.25, 0.3) is 0 Å². The summed E-state index contributed by atoms with van der Waals surface area (Å²) in [7, 11) is 0. The summed E-state index contributed by atoms with van der Waals surface area (Å²) in [5.74, 6) is 0.625. The molecule has 1 aromatic heterocycles. The molecule has 24 heavy (non-hydrogen) atoms. The summed E-state index contributed by atoms with van der Waals surface area (Å²) in [4.78, 5) is 12.2. The van der Waals surface area contributed by atoms with Gasteiger partial charge < -0.3 is 14.5 Å². The van der Waals surface area contributed by atoms with Gasteiger partial charge in [-0.2, -0.15) is 0 Å². The minimum Gasteiger partial charge on any atom is -0.478 e. The van der Waals surface area contributed by atoms with Gasteiger partial charge in [-0.25, -0.2) is 4.98 Å². The Balaban J connectivity index is 2.07. The molecule has 1 heterocycles. The van der Waals surface area contributed by atoms with Crippen molar-refractivity contribution in [2.45, 2.75) is 27.2 Å². The number of hydrogen-bond acceptors (Lipinski definition) is 5. The van der Waals surface area contributed by atoms with E-state index in [-0.39, 0.29) is 0 Å². The number of para-hydroxylation sites is 1. The van der Waals surface area contributed by atoms with E-state index in [2.05, 4.69) is 35.8 Å². The summed E-state index contributed by atoms with van der Waals surface area (Å²) in [6, 6.07) is 9.89. The van der Waals surface area contributed by atoms with Crippen molar-refractivity contribution in [2.24, 2.45) is 5.16 Å². The summed E-state index contributed by atoms with van der Waals surface area (Å²) in [6.45, 7) is 10.5. The molecule has 0 aliphatic rings. The van der Waals surface area contributed by atoms with Gasteiger partial charge in [0.2, 0.25) is 5.88 Å². The standard InChI is InChI=1S/C19H27N3O2/c1-4-12-23-19-14-16(17-9-7-8-10-18(17)21-19)15-20-24-13-11-22(5-2)6-3/h7-10,14-15H,4-6,11-13H2,1-3H3/b20-15-. The lowest BCUT2D eigenvalue weighted by atomic mass is 10.1. The van der Waals surface area contributed by atoms with Gasteiger partial charge in [-0.1, -0.05) is 44.1 Å². The topological polar surface area (TPSA) is 47.0 Å². The number of likely N-dealkylation sites (N-methyl/N-ethyl adjacent to an activating group) is 1. The monoisotopic (exact) mass is 329 g/mol. The first-order valence-electron chi connectivity index (χ1n) is 8.68. The van der Waals surface area contributed by atoms with E-state index in [4.69, 9.17) is 9.57 Å². The van der Waals surface area contributed by atoms with Crippen LogP contribution in [0.3, 0.4) is 0 Å². The summed E-state index contributed by atoms with van der Waals surface area (Å²) in [5.41, 5.74) is 1.85. The molecule has 0 saturated heterocycles. The van der Waals surface area contributed by atoms with E-state index in [0.717, 1.165) is 42.5 Å². The molecule has 2 aromatic rings. The molecular weight excluding hydrogens is 302 g/mol. The molecule has 5 heteroatoms. The summed E-state index contributed by atoms with van der Waals surface area (Å²) < 4.78 is 5.67. The average Bonchev–Trinajstić information content (AvgIpc) is 2.62. The quantitative estimate of drug-likeness (QED) is 0.379. The fourth-order valence-electron chi connectivity index (χ4n) is 2.42. The first-order valence-corrected chi connectivity index (χ1v) is 8.68. The van der Waals surface area contributed by atoms with E-state index >= 15 is 0 Å². The van der Waals surface area contributed by atoms with Gasteiger partial charge in [-0.05, 0) is 25.6 Å². The molecule has 0 radical (unpaired) electrons. The number of benzene rings is 1. The highest BCUT2D eigenvalue weighted by Gasteiger charge is 2.05. The lowest BCUT2D eigenvalue weighted by Gasteiger charge is -2.16. The van der Waals surface area contributed by atoms with E-state index in [1.54, 1.807) is 6.21 Å². The van der Waals surface area contributed by atoms with Crippen molar-refractivity contribution in [3.05, 3.63) is 35.9 Å². The fourth-order valence-corrected chi connectivity index (χ4v) is 2.42. The summed E-state index contributed by atoms with van der Waals surface area (Å²) in [5, 5.41) is 5.16. The second kappa shape index (κ2) is 9.88. The zero-order valence-corrected chi connectivity index (χ0v) is 14.9. The van der Waals surface area contributed by atoms with E-state index in [9.17, 15) is 0 Å². The lowest BCUT2D eigenvalue weighted by molar-refractivity contribution is 0.115. The van der Waals surface area contributed by atoms with E-state index < -0.39 is 0 Å². The van der Waals surface area contributed by atoms with Crippen molar-refractivity contribution < 1.29 is 9.57 Å². The van der Waals surface area contributed by atoms with E-state index in [0.29, 0.717) is 19.1 Å². The molecule has 130 valence electrons. The number of hydrogen-bond donors (Lipinski definition) is 0. The normalized spacial score (nSPS) is 11.5. The van der Waals surface area contributed by atoms with Crippen LogP contribution in [0.15, 0.2) is 35.5 Å². The Kier molecular flexibility index (Phi) is 7.49. The van der Waals surface area contributed by atoms with Gasteiger partial charge >= 0.3 is 0 Å². The molecule has 0 spiro atoms. The van der Waals surface area contributed by atoms with Crippen LogP contribution in [0.1, 0.15) is 32.8 Å². The zero-order valence-electron chi connectivity index (χ0n) is 14.9. The smallest absolute Gasteiger partial charge is 0.214 e. The molecule has 0 aliphatic heterocycles. The van der Waals surface area contributed by atoms with Gasteiger partial charge in [-0.15, -0.1) is 0 Å². The van der Waals surface area contributed by atoms with Gasteiger partial charge in [0.1, 0.15) is 6.61 Å². The predicted molar refractivity (Wildman–Crippen MR) is 98.9 cm³/mol. The maximum Gasteiger partial charge on any atom is 0.214 e. The number of aromatic nitrogens is 1. The van der Waals surface area contributed by atoms with Gasteiger partial charge in [0.15, 0.2) is 0 Å². The summed E-state index contributed by atoms with van der Waals surface area (Å²) >= 11 is 0. The largest absolute Gasteiger partial charge is 0.478 e. The number of fused-ring (bicyclic) bond motifs is 1. The van der Waals surface area contributed by atoms with Crippen LogP contribution in [0.5, 0.6) is 5.88 Å². The molecule has 0 bridgehead atoms. The third-order valence-corrected chi connectivity index (χ3v) is 3.84. The third-order valence-electron chi connectivity index (χ3n) is 3.84. The Bertz CT molecular complexity index is 654. The highest BCUT2D eigenvalue weighted by atomic mass is 16.6. The van der Waals surface area contributed by atoms with Crippen molar-refractivity contribution >= 4 is 17.1 Å². The number of oxime groups is 1. The Morgan fingerprint density at radius 1 is 1.12 bits per heavy atom. The Labute approximate surface area is 144 Å². The SMILES string of the molecule is CCCOc1cc(/C=N\OCCN(CC)CC)c2ccccc2n1. The average molecular weight is 329 g/mol. The molecule has 1 aromatic carbocycles. The van der Waals surface area contributed by atoms with Crippen molar-refractivity contribution in [2.75, 3.05) is 32.8 Å². The second-order valence-electron chi connectivity index (χ2n) is 5.51. The zero-order chi connectivity index (χ0) is 17.2. The molecule has 2 rings (SSSR count). The molecule has 5 nitrogen and oxygen atoms in total. The van der Waals surface area contributed by atoms with Gasteiger partial charge in [0, 0.05) is 23.6 Å². The van der Waals surface area contributed by atoms with Crippen LogP contribution in [0.2, 0.25) is 0 Å². The van der Waals surface area contributed by atoms with Gasteiger partial charge in [0.05, 0.1) is 18.3 Å². The number of nitrogens with zero attached hydrogens (tertiary/aromatic N) is 3. The maximum atomic E-state index is 5.67. The number of pyridine rings is 1. The molecule has 0 atom stereocenters. The summed E-state index contributed by atoms with van der Waals surface area (Å²) in [6.07, 6.45) is 2.69. The van der Waals surface area contributed by atoms with Crippen LogP contribution in [0.4, 0.5) is 0 Å². The van der Waals surface area contributed by atoms with Crippen molar-refractivity contribution in [1.29, 1.82) is 0 Å². The van der Waals surface area contributed by atoms with Crippen LogP contribution < -0.4 is 4.74 Å². The first-order chi connectivity index (χ1) is 11.8. The molecular formula is C19H27N3O2. The van der Waals surface area contributed by atoms with Crippen molar-refractivity contribution in [1.82, 2.24) is 9.88 Å². The fraction of sp³-hybridized carbons (Fsp3) is 0.474. The van der Waals surface area contributed by atoms with Crippen LogP contribution in [0, 0.1) is 0 Å². The van der Waals surface area contributed by atoms with Crippen LogP contribution in [0.25, 0.3) is 10.9 Å². The van der Waals surface area contributed by atoms with Crippen LogP contribution in [-0.4, -0.2) is 48.9 Å². The molecule has 0 unspecified atom stereocenters. The predicted octanol–water partition coefficient (Wildman–Crippen LogP) is 3.72. The minimum atomic E-state index is 0.584.